The number of ether oxygens (including phenoxy) is 1. The lowest BCUT2D eigenvalue weighted by atomic mass is 9.95. The first-order chi connectivity index (χ1) is 12.4. The minimum absolute atomic E-state index is 0. The van der Waals surface area contributed by atoms with Crippen molar-refractivity contribution >= 4 is 39.8 Å². The van der Waals surface area contributed by atoms with E-state index in [1.54, 1.807) is 0 Å². The first kappa shape index (κ1) is 23.2. The van der Waals surface area contributed by atoms with Crippen LogP contribution in [0.1, 0.15) is 58.8 Å². The lowest BCUT2D eigenvalue weighted by molar-refractivity contribution is -0.0217. The molecule has 3 fully saturated rings. The summed E-state index contributed by atoms with van der Waals surface area (Å²) in [6.07, 6.45) is 7.98. The molecule has 27 heavy (non-hydrogen) atoms. The lowest BCUT2D eigenvalue weighted by Crippen LogP contribution is -2.50. The lowest BCUT2D eigenvalue weighted by Gasteiger charge is -2.33. The molecule has 2 N–H and O–H groups in total. The van der Waals surface area contributed by atoms with E-state index >= 15 is 0 Å². The Balaban J connectivity index is 0.00000261. The first-order valence-corrected chi connectivity index (χ1v) is 12.1. The number of aliphatic imine (C=N–C) groups is 1. The number of nitrogens with one attached hydrogen (secondary N) is 2. The van der Waals surface area contributed by atoms with Crippen LogP contribution in [0.3, 0.4) is 0 Å². The number of halogens is 1. The van der Waals surface area contributed by atoms with Gasteiger partial charge < -0.3 is 15.4 Å². The molecule has 158 valence electrons. The van der Waals surface area contributed by atoms with Crippen molar-refractivity contribution in [1.29, 1.82) is 0 Å². The highest BCUT2D eigenvalue weighted by molar-refractivity contribution is 14.0. The van der Waals surface area contributed by atoms with Crippen LogP contribution >= 0.6 is 24.0 Å². The van der Waals surface area contributed by atoms with Crippen molar-refractivity contribution in [1.82, 2.24) is 10.6 Å². The minimum atomic E-state index is -2.84. The van der Waals surface area contributed by atoms with Crippen LogP contribution in [0.15, 0.2) is 4.99 Å². The zero-order valence-electron chi connectivity index (χ0n) is 16.7. The van der Waals surface area contributed by atoms with Crippen LogP contribution in [0.2, 0.25) is 0 Å². The normalized spacial score (nSPS) is 31.7. The van der Waals surface area contributed by atoms with Gasteiger partial charge in [0.25, 0.3) is 0 Å². The highest BCUT2D eigenvalue weighted by Gasteiger charge is 2.29. The monoisotopic (exact) mass is 513 g/mol. The number of guanidine groups is 1. The quantitative estimate of drug-likeness (QED) is 0.336. The second-order valence-corrected chi connectivity index (χ2v) is 10.8. The molecule has 0 aromatic rings. The summed E-state index contributed by atoms with van der Waals surface area (Å²) >= 11 is 0. The van der Waals surface area contributed by atoms with Gasteiger partial charge in [-0.2, -0.15) is 0 Å². The molecule has 3 atom stereocenters. The third-order valence-corrected chi connectivity index (χ3v) is 7.77. The Hall–Kier alpha value is -0.0900. The molecule has 0 spiro atoms. The summed E-state index contributed by atoms with van der Waals surface area (Å²) in [4.78, 5) is 4.79. The Bertz CT molecular complexity index is 591. The predicted octanol–water partition coefficient (Wildman–Crippen LogP) is 2.72. The molecule has 1 aliphatic carbocycles. The maximum absolute atomic E-state index is 11.7. The fourth-order valence-electron chi connectivity index (χ4n) is 4.25. The molecule has 3 aliphatic rings. The smallest absolute Gasteiger partial charge is 0.191 e. The average molecular weight is 513 g/mol. The highest BCUT2D eigenvalue weighted by atomic mass is 127. The van der Waals surface area contributed by atoms with Gasteiger partial charge in [0, 0.05) is 25.2 Å². The third-order valence-electron chi connectivity index (χ3n) is 5.93. The largest absolute Gasteiger partial charge is 0.378 e. The van der Waals surface area contributed by atoms with E-state index in [1.807, 2.05) is 0 Å². The van der Waals surface area contributed by atoms with Crippen LogP contribution in [0, 0.1) is 11.8 Å². The van der Waals surface area contributed by atoms with Crippen molar-refractivity contribution in [3.05, 3.63) is 0 Å². The number of hydrogen-bond donors (Lipinski definition) is 2. The third kappa shape index (κ3) is 7.34. The molecule has 8 heteroatoms. The Labute approximate surface area is 181 Å². The van der Waals surface area contributed by atoms with Gasteiger partial charge in [0.1, 0.15) is 0 Å². The van der Waals surface area contributed by atoms with Crippen LogP contribution in [0.5, 0.6) is 0 Å². The summed E-state index contributed by atoms with van der Waals surface area (Å²) in [7, 11) is -2.84. The predicted molar refractivity (Wildman–Crippen MR) is 121 cm³/mol. The maximum atomic E-state index is 11.7. The van der Waals surface area contributed by atoms with Crippen molar-refractivity contribution < 1.29 is 13.2 Å². The summed E-state index contributed by atoms with van der Waals surface area (Å²) in [6, 6.07) is 0.866. The van der Waals surface area contributed by atoms with E-state index in [0.717, 1.165) is 31.8 Å². The molecule has 1 saturated carbocycles. The van der Waals surface area contributed by atoms with E-state index in [9.17, 15) is 8.42 Å². The molecule has 0 amide bonds. The number of hydrogen-bond acceptors (Lipinski definition) is 4. The summed E-state index contributed by atoms with van der Waals surface area (Å²) < 4.78 is 29.3. The van der Waals surface area contributed by atoms with Gasteiger partial charge in [0.2, 0.25) is 0 Å². The number of rotatable bonds is 5. The van der Waals surface area contributed by atoms with E-state index in [-0.39, 0.29) is 29.9 Å². The van der Waals surface area contributed by atoms with Gasteiger partial charge in [-0.15, -0.1) is 24.0 Å². The van der Waals surface area contributed by atoms with Crippen LogP contribution in [-0.2, 0) is 14.6 Å². The van der Waals surface area contributed by atoms with Crippen LogP contribution in [0.4, 0.5) is 0 Å². The van der Waals surface area contributed by atoms with Gasteiger partial charge in [-0.3, -0.25) is 4.99 Å². The van der Waals surface area contributed by atoms with Crippen molar-refractivity contribution in [2.75, 3.05) is 24.7 Å². The van der Waals surface area contributed by atoms with Gasteiger partial charge in [-0.05, 0) is 43.9 Å². The fourth-order valence-corrected chi connectivity index (χ4v) is 6.10. The Morgan fingerprint density at radius 3 is 2.44 bits per heavy atom. The van der Waals surface area contributed by atoms with Crippen LogP contribution in [-0.4, -0.2) is 57.2 Å². The highest BCUT2D eigenvalue weighted by Crippen LogP contribution is 2.22. The van der Waals surface area contributed by atoms with Gasteiger partial charge in [0.05, 0.1) is 17.6 Å². The average Bonchev–Trinajstić information content (AvgIpc) is 3.22. The molecular weight excluding hydrogens is 477 g/mol. The van der Waals surface area contributed by atoms with E-state index in [1.165, 1.54) is 25.7 Å². The molecular formula is C19H36IN3O3S. The standard InChI is InChI=1S/C19H35N3O3S.HI/c1-14(2)18-11-17(7-9-25-18)22-19(21-16-5-3-4-6-16)20-12-15-8-10-26(23,24)13-15;/h14-18H,3-13H2,1-2H3,(H2,20,21,22);1H. The van der Waals surface area contributed by atoms with Gasteiger partial charge in [0.15, 0.2) is 15.8 Å². The van der Waals surface area contributed by atoms with E-state index in [2.05, 4.69) is 24.5 Å². The van der Waals surface area contributed by atoms with E-state index in [4.69, 9.17) is 9.73 Å². The van der Waals surface area contributed by atoms with Gasteiger partial charge in [-0.1, -0.05) is 26.7 Å². The zero-order valence-corrected chi connectivity index (χ0v) is 19.8. The van der Waals surface area contributed by atoms with Crippen molar-refractivity contribution in [3.63, 3.8) is 0 Å². The van der Waals surface area contributed by atoms with E-state index < -0.39 is 9.84 Å². The fraction of sp³-hybridized carbons (Fsp3) is 0.947. The topological polar surface area (TPSA) is 79.8 Å². The van der Waals surface area contributed by atoms with Crippen LogP contribution in [0.25, 0.3) is 0 Å². The SMILES string of the molecule is CC(C)C1CC(NC(=NCC2CCS(=O)(=O)C2)NC2CCCC2)CCO1.I. The number of nitrogens with zero attached hydrogens (tertiary/aromatic N) is 1. The molecule has 2 aliphatic heterocycles. The molecule has 0 aromatic heterocycles. The Morgan fingerprint density at radius 1 is 1.11 bits per heavy atom. The molecule has 3 rings (SSSR count). The van der Waals surface area contributed by atoms with Crippen molar-refractivity contribution in [2.45, 2.75) is 77.0 Å². The molecule has 0 bridgehead atoms. The molecule has 0 aromatic carbocycles. The van der Waals surface area contributed by atoms with Crippen molar-refractivity contribution in [3.8, 4) is 0 Å². The maximum Gasteiger partial charge on any atom is 0.191 e. The van der Waals surface area contributed by atoms with E-state index in [0.29, 0.717) is 42.2 Å². The second kappa shape index (κ2) is 10.6. The molecule has 2 saturated heterocycles. The van der Waals surface area contributed by atoms with Gasteiger partial charge in [-0.25, -0.2) is 8.42 Å². The molecule has 3 unspecified atom stereocenters. The summed E-state index contributed by atoms with van der Waals surface area (Å²) in [5, 5.41) is 7.22. The molecule has 0 radical (unpaired) electrons. The first-order valence-electron chi connectivity index (χ1n) is 10.3. The Kier molecular flexibility index (Phi) is 9.12. The summed E-state index contributed by atoms with van der Waals surface area (Å²) in [5.74, 6) is 2.17. The zero-order chi connectivity index (χ0) is 18.6. The van der Waals surface area contributed by atoms with Crippen LogP contribution < -0.4 is 10.6 Å². The Morgan fingerprint density at radius 2 is 1.81 bits per heavy atom. The molecule has 2 heterocycles. The summed E-state index contributed by atoms with van der Waals surface area (Å²) in [5.41, 5.74) is 0. The van der Waals surface area contributed by atoms with Crippen molar-refractivity contribution in [2.24, 2.45) is 16.8 Å². The number of sulfone groups is 1. The van der Waals surface area contributed by atoms with Gasteiger partial charge >= 0.3 is 0 Å². The minimum Gasteiger partial charge on any atom is -0.378 e. The summed E-state index contributed by atoms with van der Waals surface area (Å²) in [6.45, 7) is 5.80. The second-order valence-electron chi connectivity index (χ2n) is 8.60. The molecule has 6 nitrogen and oxygen atoms in total.